The first-order chi connectivity index (χ1) is 7.76. The van der Waals surface area contributed by atoms with Gasteiger partial charge in [0.1, 0.15) is 5.54 Å². The zero-order chi connectivity index (χ0) is 13.6. The minimum atomic E-state index is -1.21. The molecule has 0 aliphatic heterocycles. The molecule has 0 heterocycles. The molecule has 0 fully saturated rings. The van der Waals surface area contributed by atoms with Gasteiger partial charge in [0.25, 0.3) is 0 Å². The average Bonchev–Trinajstić information content (AvgIpc) is 2.26. The van der Waals surface area contributed by atoms with Gasteiger partial charge in [0.15, 0.2) is 0 Å². The fraction of sp³-hybridized carbons (Fsp3) is 0.833. The molecule has 0 aliphatic rings. The van der Waals surface area contributed by atoms with E-state index in [9.17, 15) is 9.59 Å². The van der Waals surface area contributed by atoms with Crippen LogP contribution in [0.1, 0.15) is 47.5 Å². The van der Waals surface area contributed by atoms with E-state index in [1.807, 2.05) is 20.8 Å². The molecule has 0 aromatic heterocycles. The molecular weight excluding hydrogens is 220 g/mol. The van der Waals surface area contributed by atoms with Crippen molar-refractivity contribution in [2.24, 2.45) is 5.92 Å². The van der Waals surface area contributed by atoms with Crippen molar-refractivity contribution in [3.8, 4) is 0 Å². The Hall–Kier alpha value is -1.26. The van der Waals surface area contributed by atoms with Gasteiger partial charge in [-0.3, -0.25) is 0 Å². The van der Waals surface area contributed by atoms with E-state index < -0.39 is 17.5 Å². The SMILES string of the molecule is CCC(C)C(C)NC(=O)NC(C)(CC)C(=O)O. The zero-order valence-electron chi connectivity index (χ0n) is 11.3. The van der Waals surface area contributed by atoms with Crippen LogP contribution in [0.2, 0.25) is 0 Å². The predicted molar refractivity (Wildman–Crippen MR) is 66.9 cm³/mol. The molecule has 0 rings (SSSR count). The molecule has 2 amide bonds. The maximum Gasteiger partial charge on any atom is 0.329 e. The predicted octanol–water partition coefficient (Wildman–Crippen LogP) is 1.97. The van der Waals surface area contributed by atoms with E-state index in [0.29, 0.717) is 12.3 Å². The molecule has 0 spiro atoms. The molecule has 3 atom stereocenters. The van der Waals surface area contributed by atoms with E-state index in [1.54, 1.807) is 6.92 Å². The minimum Gasteiger partial charge on any atom is -0.480 e. The summed E-state index contributed by atoms with van der Waals surface area (Å²) in [5.74, 6) is -0.662. The van der Waals surface area contributed by atoms with E-state index in [4.69, 9.17) is 5.11 Å². The van der Waals surface area contributed by atoms with Crippen molar-refractivity contribution in [1.82, 2.24) is 10.6 Å². The van der Waals surface area contributed by atoms with Crippen LogP contribution in [-0.4, -0.2) is 28.7 Å². The van der Waals surface area contributed by atoms with Crippen LogP contribution in [0.3, 0.4) is 0 Å². The first kappa shape index (κ1) is 15.7. The Labute approximate surface area is 103 Å². The zero-order valence-corrected chi connectivity index (χ0v) is 11.3. The Morgan fingerprint density at radius 3 is 2.18 bits per heavy atom. The molecule has 17 heavy (non-hydrogen) atoms. The van der Waals surface area contributed by atoms with E-state index in [0.717, 1.165) is 6.42 Å². The molecule has 3 unspecified atom stereocenters. The maximum atomic E-state index is 11.7. The first-order valence-electron chi connectivity index (χ1n) is 6.08. The van der Waals surface area contributed by atoms with Crippen molar-refractivity contribution < 1.29 is 14.7 Å². The number of carbonyl (C=O) groups is 2. The van der Waals surface area contributed by atoms with Crippen molar-refractivity contribution in [3.05, 3.63) is 0 Å². The lowest BCUT2D eigenvalue weighted by atomic mass is 9.99. The fourth-order valence-corrected chi connectivity index (χ4v) is 1.28. The van der Waals surface area contributed by atoms with Crippen LogP contribution in [-0.2, 0) is 4.79 Å². The van der Waals surface area contributed by atoms with E-state index in [1.165, 1.54) is 6.92 Å². The number of nitrogens with one attached hydrogen (secondary N) is 2. The number of amides is 2. The van der Waals surface area contributed by atoms with Crippen LogP contribution in [0, 0.1) is 5.92 Å². The Morgan fingerprint density at radius 2 is 1.82 bits per heavy atom. The first-order valence-corrected chi connectivity index (χ1v) is 6.08. The van der Waals surface area contributed by atoms with Gasteiger partial charge < -0.3 is 15.7 Å². The van der Waals surface area contributed by atoms with Crippen molar-refractivity contribution in [2.45, 2.75) is 59.0 Å². The number of hydrogen-bond donors (Lipinski definition) is 3. The van der Waals surface area contributed by atoms with Crippen LogP contribution in [0.5, 0.6) is 0 Å². The van der Waals surface area contributed by atoms with Crippen LogP contribution >= 0.6 is 0 Å². The Morgan fingerprint density at radius 1 is 1.29 bits per heavy atom. The molecular formula is C12H24N2O3. The second kappa shape index (κ2) is 6.47. The van der Waals surface area contributed by atoms with Gasteiger partial charge in [-0.05, 0) is 26.2 Å². The summed E-state index contributed by atoms with van der Waals surface area (Å²) in [6.07, 6.45) is 1.30. The second-order valence-electron chi connectivity index (χ2n) is 4.76. The molecule has 0 saturated carbocycles. The number of rotatable bonds is 6. The molecule has 0 radical (unpaired) electrons. The van der Waals surface area contributed by atoms with Gasteiger partial charge in [-0.1, -0.05) is 27.2 Å². The number of carbonyl (C=O) groups excluding carboxylic acids is 1. The number of carboxylic acids is 1. The van der Waals surface area contributed by atoms with Crippen LogP contribution < -0.4 is 10.6 Å². The monoisotopic (exact) mass is 244 g/mol. The third-order valence-corrected chi connectivity index (χ3v) is 3.42. The van der Waals surface area contributed by atoms with Gasteiger partial charge >= 0.3 is 12.0 Å². The summed E-state index contributed by atoms with van der Waals surface area (Å²) in [4.78, 5) is 22.7. The number of aliphatic carboxylic acids is 1. The van der Waals surface area contributed by atoms with Crippen LogP contribution in [0.25, 0.3) is 0 Å². The standard InChI is InChI=1S/C12H24N2O3/c1-6-8(3)9(4)13-11(17)14-12(5,7-2)10(15)16/h8-9H,6-7H2,1-5H3,(H,15,16)(H2,13,14,17). The molecule has 0 bridgehead atoms. The van der Waals surface area contributed by atoms with Gasteiger partial charge in [0, 0.05) is 6.04 Å². The second-order valence-corrected chi connectivity index (χ2v) is 4.76. The lowest BCUT2D eigenvalue weighted by Gasteiger charge is -2.27. The van der Waals surface area contributed by atoms with Crippen molar-refractivity contribution in [1.29, 1.82) is 0 Å². The summed E-state index contributed by atoms with van der Waals surface area (Å²) in [7, 11) is 0. The molecule has 0 aromatic rings. The number of urea groups is 1. The van der Waals surface area contributed by atoms with Gasteiger partial charge in [0.05, 0.1) is 0 Å². The summed E-state index contributed by atoms with van der Waals surface area (Å²) >= 11 is 0. The maximum absolute atomic E-state index is 11.7. The van der Waals surface area contributed by atoms with E-state index in [-0.39, 0.29) is 6.04 Å². The summed E-state index contributed by atoms with van der Waals surface area (Å²) in [5.41, 5.74) is -1.21. The Kier molecular flexibility index (Phi) is 5.99. The van der Waals surface area contributed by atoms with Gasteiger partial charge in [-0.25, -0.2) is 9.59 Å². The van der Waals surface area contributed by atoms with Crippen molar-refractivity contribution in [2.75, 3.05) is 0 Å². The molecule has 100 valence electrons. The van der Waals surface area contributed by atoms with Crippen molar-refractivity contribution in [3.63, 3.8) is 0 Å². The van der Waals surface area contributed by atoms with Gasteiger partial charge in [-0.2, -0.15) is 0 Å². The topological polar surface area (TPSA) is 78.4 Å². The third-order valence-electron chi connectivity index (χ3n) is 3.42. The smallest absolute Gasteiger partial charge is 0.329 e. The number of carboxylic acid groups (broad SMARTS) is 1. The van der Waals surface area contributed by atoms with E-state index in [2.05, 4.69) is 10.6 Å². The molecule has 0 aliphatic carbocycles. The Bertz CT molecular complexity index is 281. The highest BCUT2D eigenvalue weighted by molar-refractivity contribution is 5.85. The molecule has 3 N–H and O–H groups in total. The van der Waals surface area contributed by atoms with Crippen molar-refractivity contribution >= 4 is 12.0 Å². The summed E-state index contributed by atoms with van der Waals surface area (Å²) in [6, 6.07) is -0.403. The molecule has 0 aromatic carbocycles. The highest BCUT2D eigenvalue weighted by Crippen LogP contribution is 2.10. The summed E-state index contributed by atoms with van der Waals surface area (Å²) in [5, 5.41) is 14.3. The summed E-state index contributed by atoms with van der Waals surface area (Å²) in [6.45, 7) is 9.24. The lowest BCUT2D eigenvalue weighted by Crippen LogP contribution is -2.56. The lowest BCUT2D eigenvalue weighted by molar-refractivity contribution is -0.143. The quantitative estimate of drug-likeness (QED) is 0.668. The van der Waals surface area contributed by atoms with Crippen LogP contribution in [0.4, 0.5) is 4.79 Å². The average molecular weight is 244 g/mol. The van der Waals surface area contributed by atoms with Gasteiger partial charge in [0.2, 0.25) is 0 Å². The van der Waals surface area contributed by atoms with Gasteiger partial charge in [-0.15, -0.1) is 0 Å². The number of hydrogen-bond acceptors (Lipinski definition) is 2. The highest BCUT2D eigenvalue weighted by Gasteiger charge is 2.33. The molecule has 5 heteroatoms. The third kappa shape index (κ3) is 4.63. The highest BCUT2D eigenvalue weighted by atomic mass is 16.4. The Balaban J connectivity index is 4.40. The largest absolute Gasteiger partial charge is 0.480 e. The fourth-order valence-electron chi connectivity index (χ4n) is 1.28. The minimum absolute atomic E-state index is 0.0231. The summed E-state index contributed by atoms with van der Waals surface area (Å²) < 4.78 is 0. The van der Waals surface area contributed by atoms with E-state index >= 15 is 0 Å². The normalized spacial score (nSPS) is 17.7. The molecule has 0 saturated heterocycles. The molecule has 5 nitrogen and oxygen atoms in total. The van der Waals surface area contributed by atoms with Crippen LogP contribution in [0.15, 0.2) is 0 Å².